The number of nitrogen functional groups attached to an aromatic ring is 1. The molecule has 0 aliphatic carbocycles. The molecule has 6 nitrogen and oxygen atoms in total. The van der Waals surface area contributed by atoms with Crippen molar-refractivity contribution in [1.29, 1.82) is 5.26 Å². The third kappa shape index (κ3) is 2.13. The second-order valence-electron chi connectivity index (χ2n) is 4.96. The van der Waals surface area contributed by atoms with E-state index in [1.807, 2.05) is 41.4 Å². The minimum absolute atomic E-state index is 0.468. The first-order valence-electron chi connectivity index (χ1n) is 6.80. The number of nitriles is 1. The van der Waals surface area contributed by atoms with Gasteiger partial charge < -0.3 is 5.73 Å². The molecule has 0 fully saturated rings. The van der Waals surface area contributed by atoms with E-state index in [1.54, 1.807) is 6.07 Å². The van der Waals surface area contributed by atoms with Crippen LogP contribution in [0, 0.1) is 11.3 Å². The standard InChI is InChI=1S/C15H16N6/c1-3-12-13-14(20(2)19-12)21(15(17)18-13)9-11-6-4-5-10(7-11)8-16/h4-7H,3,9H2,1-2H3,(H2,17,18). The molecule has 2 aromatic heterocycles. The molecule has 1 aromatic carbocycles. The molecule has 0 aliphatic heterocycles. The van der Waals surface area contributed by atoms with Crippen molar-refractivity contribution in [2.24, 2.45) is 7.05 Å². The SMILES string of the molecule is CCc1nn(C)c2c1nc(N)n2Cc1cccc(C#N)c1. The number of benzene rings is 1. The van der Waals surface area contributed by atoms with Gasteiger partial charge in [0.2, 0.25) is 5.95 Å². The Morgan fingerprint density at radius 3 is 2.90 bits per heavy atom. The van der Waals surface area contributed by atoms with Crippen LogP contribution in [0.2, 0.25) is 0 Å². The molecular formula is C15H16N6. The molecule has 0 saturated carbocycles. The summed E-state index contributed by atoms with van der Waals surface area (Å²) >= 11 is 0. The van der Waals surface area contributed by atoms with Crippen molar-refractivity contribution >= 4 is 17.1 Å². The Labute approximate surface area is 122 Å². The Balaban J connectivity index is 2.10. The number of aryl methyl sites for hydroxylation is 2. The third-order valence-electron chi connectivity index (χ3n) is 3.55. The average molecular weight is 280 g/mol. The summed E-state index contributed by atoms with van der Waals surface area (Å²) in [4.78, 5) is 4.44. The van der Waals surface area contributed by atoms with Gasteiger partial charge in [0.05, 0.1) is 23.9 Å². The Bertz CT molecular complexity index is 849. The van der Waals surface area contributed by atoms with Gasteiger partial charge >= 0.3 is 0 Å². The first-order valence-corrected chi connectivity index (χ1v) is 6.80. The molecule has 0 atom stereocenters. The van der Waals surface area contributed by atoms with Gasteiger partial charge in [0.15, 0.2) is 5.65 Å². The van der Waals surface area contributed by atoms with Crippen LogP contribution in [-0.2, 0) is 20.0 Å². The summed E-state index contributed by atoms with van der Waals surface area (Å²) in [5, 5.41) is 13.5. The van der Waals surface area contributed by atoms with Gasteiger partial charge in [-0.15, -0.1) is 0 Å². The number of hydrogen-bond acceptors (Lipinski definition) is 4. The minimum Gasteiger partial charge on any atom is -0.369 e. The highest BCUT2D eigenvalue weighted by Gasteiger charge is 2.17. The smallest absolute Gasteiger partial charge is 0.202 e. The Morgan fingerprint density at radius 2 is 2.19 bits per heavy atom. The van der Waals surface area contributed by atoms with E-state index in [1.165, 1.54) is 0 Å². The number of nitrogens with two attached hydrogens (primary N) is 1. The quantitative estimate of drug-likeness (QED) is 0.793. The van der Waals surface area contributed by atoms with Crippen LogP contribution in [0.3, 0.4) is 0 Å². The molecule has 0 aliphatic rings. The van der Waals surface area contributed by atoms with Crippen LogP contribution in [0.25, 0.3) is 11.2 Å². The molecule has 6 heteroatoms. The summed E-state index contributed by atoms with van der Waals surface area (Å²) in [6.45, 7) is 2.62. The van der Waals surface area contributed by atoms with Gasteiger partial charge in [0, 0.05) is 7.05 Å². The fraction of sp³-hybridized carbons (Fsp3) is 0.267. The predicted octanol–water partition coefficient (Wildman–Crippen LogP) is 1.83. The van der Waals surface area contributed by atoms with E-state index in [0.717, 1.165) is 28.8 Å². The Kier molecular flexibility index (Phi) is 3.10. The normalized spacial score (nSPS) is 10.9. The summed E-state index contributed by atoms with van der Waals surface area (Å²) in [5.74, 6) is 0.468. The molecule has 3 rings (SSSR count). The van der Waals surface area contributed by atoms with E-state index in [4.69, 9.17) is 11.0 Å². The monoisotopic (exact) mass is 280 g/mol. The van der Waals surface area contributed by atoms with Crippen LogP contribution >= 0.6 is 0 Å². The number of rotatable bonds is 3. The van der Waals surface area contributed by atoms with Crippen molar-refractivity contribution < 1.29 is 0 Å². The number of hydrogen-bond donors (Lipinski definition) is 1. The molecule has 0 unspecified atom stereocenters. The first kappa shape index (κ1) is 13.2. The van der Waals surface area contributed by atoms with E-state index in [-0.39, 0.29) is 0 Å². The average Bonchev–Trinajstić information content (AvgIpc) is 2.97. The van der Waals surface area contributed by atoms with Gasteiger partial charge in [-0.2, -0.15) is 10.4 Å². The van der Waals surface area contributed by atoms with Gasteiger partial charge in [-0.05, 0) is 24.1 Å². The summed E-state index contributed by atoms with van der Waals surface area (Å²) in [5.41, 5.74) is 10.4. The Morgan fingerprint density at radius 1 is 1.38 bits per heavy atom. The number of imidazole rings is 1. The number of nitrogens with zero attached hydrogens (tertiary/aromatic N) is 5. The topological polar surface area (TPSA) is 85.5 Å². The lowest BCUT2D eigenvalue weighted by molar-refractivity contribution is 0.719. The molecule has 3 aromatic rings. The number of fused-ring (bicyclic) bond motifs is 1. The van der Waals surface area contributed by atoms with Crippen molar-refractivity contribution in [2.45, 2.75) is 19.9 Å². The van der Waals surface area contributed by atoms with E-state index in [9.17, 15) is 0 Å². The molecule has 0 bridgehead atoms. The minimum atomic E-state index is 0.468. The molecule has 2 heterocycles. The van der Waals surface area contributed by atoms with Gasteiger partial charge in [-0.25, -0.2) is 4.98 Å². The second-order valence-corrected chi connectivity index (χ2v) is 4.96. The fourth-order valence-electron chi connectivity index (χ4n) is 2.57. The highest BCUT2D eigenvalue weighted by molar-refractivity contribution is 5.77. The number of aromatic nitrogens is 4. The van der Waals surface area contributed by atoms with Gasteiger partial charge in [0.25, 0.3) is 0 Å². The Hall–Kier alpha value is -2.81. The lowest BCUT2D eigenvalue weighted by atomic mass is 10.1. The lowest BCUT2D eigenvalue weighted by Gasteiger charge is -2.07. The molecule has 0 saturated heterocycles. The van der Waals surface area contributed by atoms with Crippen LogP contribution in [0.4, 0.5) is 5.95 Å². The summed E-state index contributed by atoms with van der Waals surface area (Å²) < 4.78 is 3.74. The molecule has 21 heavy (non-hydrogen) atoms. The van der Waals surface area contributed by atoms with Crippen molar-refractivity contribution in [3.05, 3.63) is 41.1 Å². The maximum absolute atomic E-state index is 8.99. The van der Waals surface area contributed by atoms with E-state index in [2.05, 4.69) is 16.2 Å². The molecule has 106 valence electrons. The van der Waals surface area contributed by atoms with Crippen LogP contribution in [0.5, 0.6) is 0 Å². The molecule has 0 amide bonds. The summed E-state index contributed by atoms with van der Waals surface area (Å²) in [6, 6.07) is 9.65. The van der Waals surface area contributed by atoms with E-state index in [0.29, 0.717) is 18.1 Å². The fourth-order valence-corrected chi connectivity index (χ4v) is 2.57. The van der Waals surface area contributed by atoms with Crippen molar-refractivity contribution in [3.63, 3.8) is 0 Å². The second kappa shape index (κ2) is 4.94. The zero-order valence-electron chi connectivity index (χ0n) is 12.0. The maximum Gasteiger partial charge on any atom is 0.202 e. The zero-order valence-corrected chi connectivity index (χ0v) is 12.0. The zero-order chi connectivity index (χ0) is 15.0. The van der Waals surface area contributed by atoms with Gasteiger partial charge in [-0.3, -0.25) is 9.25 Å². The van der Waals surface area contributed by atoms with Crippen molar-refractivity contribution in [3.8, 4) is 6.07 Å². The van der Waals surface area contributed by atoms with Crippen LogP contribution in [-0.4, -0.2) is 19.3 Å². The van der Waals surface area contributed by atoms with Crippen molar-refractivity contribution in [2.75, 3.05) is 5.73 Å². The van der Waals surface area contributed by atoms with Gasteiger partial charge in [-0.1, -0.05) is 19.1 Å². The van der Waals surface area contributed by atoms with E-state index >= 15 is 0 Å². The summed E-state index contributed by atoms with van der Waals surface area (Å²) in [7, 11) is 1.89. The van der Waals surface area contributed by atoms with Crippen molar-refractivity contribution in [1.82, 2.24) is 19.3 Å². The molecular weight excluding hydrogens is 264 g/mol. The molecule has 2 N–H and O–H groups in total. The van der Waals surface area contributed by atoms with Crippen LogP contribution in [0.1, 0.15) is 23.7 Å². The number of anilines is 1. The highest BCUT2D eigenvalue weighted by Crippen LogP contribution is 2.22. The highest BCUT2D eigenvalue weighted by atomic mass is 15.3. The first-order chi connectivity index (χ1) is 10.1. The molecule has 0 radical (unpaired) electrons. The van der Waals surface area contributed by atoms with Gasteiger partial charge in [0.1, 0.15) is 5.52 Å². The predicted molar refractivity (Wildman–Crippen MR) is 80.5 cm³/mol. The maximum atomic E-state index is 8.99. The van der Waals surface area contributed by atoms with Crippen LogP contribution < -0.4 is 5.73 Å². The van der Waals surface area contributed by atoms with Crippen LogP contribution in [0.15, 0.2) is 24.3 Å². The van der Waals surface area contributed by atoms with E-state index < -0.39 is 0 Å². The molecule has 0 spiro atoms. The third-order valence-corrected chi connectivity index (χ3v) is 3.55. The largest absolute Gasteiger partial charge is 0.369 e. The summed E-state index contributed by atoms with van der Waals surface area (Å²) in [6.07, 6.45) is 0.817. The lowest BCUT2D eigenvalue weighted by Crippen LogP contribution is -2.08.